The molecule has 10 N–H and O–H groups in total. The second kappa shape index (κ2) is 76.2. The molecule has 10 rings (SSSR count). The third-order valence-corrected chi connectivity index (χ3v) is 33.0. The van der Waals surface area contributed by atoms with Gasteiger partial charge >= 0.3 is 25.4 Å². The molecule has 0 heterocycles. The maximum absolute atomic E-state index is 12.5. The number of nitriles is 1. The van der Waals surface area contributed by atoms with Gasteiger partial charge in [-0.3, -0.25) is 33.3 Å². The third-order valence-electron chi connectivity index (χ3n) is 19.1. The van der Waals surface area contributed by atoms with Crippen LogP contribution in [0.2, 0.25) is 0 Å². The maximum Gasteiger partial charge on any atom is 0.326 e. The topological polar surface area (TPSA) is 529 Å². The van der Waals surface area contributed by atoms with Crippen molar-refractivity contribution in [1.29, 1.82) is 5.26 Å². The van der Waals surface area contributed by atoms with E-state index in [0.29, 0.717) is 54.0 Å². The first-order chi connectivity index (χ1) is 67.9. The number of hydrogen-bond acceptors (Lipinski definition) is 39. The third kappa shape index (κ3) is 52.1. The Morgan fingerprint density at radius 3 is 1.17 bits per heavy atom. The van der Waals surface area contributed by atoms with Crippen LogP contribution < -0.4 is 51.9 Å². The van der Waals surface area contributed by atoms with E-state index in [-0.39, 0.29) is 68.0 Å². The molecule has 0 radical (unpaired) electrons. The predicted molar refractivity (Wildman–Crippen MR) is 588 cm³/mol. The number of carbonyl (C=O) groups is 7. The van der Waals surface area contributed by atoms with Crippen molar-refractivity contribution in [2.24, 2.45) is 17.2 Å². The number of aliphatic hydroxyl groups excluding tert-OH is 1. The van der Waals surface area contributed by atoms with Crippen LogP contribution in [-0.4, -0.2) is 216 Å². The number of aliphatic hydroxyl groups is 1. The monoisotopic (exact) mass is 2340 g/mol. The van der Waals surface area contributed by atoms with E-state index in [4.69, 9.17) is 128 Å². The number of ether oxygens (including phenoxy) is 4. The van der Waals surface area contributed by atoms with Crippen molar-refractivity contribution in [2.75, 3.05) is 155 Å². The Hall–Kier alpha value is -6.38. The molecule has 10 aromatic rings. The number of nitrogens with one attached hydrogen (secondary N) is 3. The molecule has 0 fully saturated rings. The van der Waals surface area contributed by atoms with Crippen molar-refractivity contribution in [1.82, 2.24) is 20.9 Å². The fourth-order valence-corrected chi connectivity index (χ4v) is 16.6. The number of rotatable bonds is 42. The van der Waals surface area contributed by atoms with Crippen molar-refractivity contribution in [3.05, 3.63) is 180 Å². The molecule has 800 valence electrons. The average molecular weight is 2340 g/mol. The number of unbranched alkanes of at least 4 members (excludes halogenated alkanes) is 1. The van der Waals surface area contributed by atoms with Crippen LogP contribution in [0.4, 0.5) is 0 Å². The number of nitrogens with zero attached hydrogens (tertiary/aromatic N) is 2. The van der Waals surface area contributed by atoms with Gasteiger partial charge in [-0.05, 0) is 231 Å². The van der Waals surface area contributed by atoms with Gasteiger partial charge in [0.2, 0.25) is 11.8 Å². The van der Waals surface area contributed by atoms with Gasteiger partial charge in [0.25, 0.3) is 11.8 Å². The summed E-state index contributed by atoms with van der Waals surface area (Å²) in [6, 6.07) is 54.5. The van der Waals surface area contributed by atoms with Crippen LogP contribution in [0.3, 0.4) is 0 Å². The molecule has 0 aliphatic carbocycles. The van der Waals surface area contributed by atoms with Gasteiger partial charge in [-0.2, -0.15) is 5.26 Å². The van der Waals surface area contributed by atoms with Crippen molar-refractivity contribution in [2.45, 2.75) is 113 Å². The zero-order chi connectivity index (χ0) is 109. The molecule has 50 heteroatoms. The molecular weight excluding hydrogens is 2200 g/mol. The Bertz CT molecular complexity index is 5660. The van der Waals surface area contributed by atoms with Crippen molar-refractivity contribution < 1.29 is 142 Å². The normalized spacial score (nSPS) is 12.0. The van der Waals surface area contributed by atoms with Gasteiger partial charge in [-0.15, -0.1) is 11.8 Å². The van der Waals surface area contributed by atoms with E-state index in [1.165, 1.54) is 109 Å². The summed E-state index contributed by atoms with van der Waals surface area (Å²) in [6.45, 7) is 4.15. The first-order valence-corrected chi connectivity index (χ1v) is 62.2. The zero-order valence-corrected chi connectivity index (χ0v) is 96.8. The molecule has 143 heavy (non-hydrogen) atoms. The highest BCUT2D eigenvalue weighted by atomic mass is 127. The Balaban J connectivity index is 0. The van der Waals surface area contributed by atoms with E-state index >= 15 is 0 Å². The van der Waals surface area contributed by atoms with Crippen LogP contribution in [0.25, 0.3) is 64.6 Å². The number of benzene rings is 10. The molecule has 3 unspecified atom stereocenters. The zero-order valence-electron chi connectivity index (χ0n) is 84.4. The number of amides is 4. The lowest BCUT2D eigenvalue weighted by Gasteiger charge is -2.31. The maximum atomic E-state index is 12.5. The molecule has 0 saturated carbocycles. The molecular formula is C93H137IN7O30P6S6-3. The minimum Gasteiger partial charge on any atom is -0.812 e. The van der Waals surface area contributed by atoms with Gasteiger partial charge < -0.3 is 129 Å². The van der Waals surface area contributed by atoms with E-state index in [2.05, 4.69) is 193 Å². The fourth-order valence-electron chi connectivity index (χ4n) is 12.0. The number of alkyl halides is 1. The Morgan fingerprint density at radius 2 is 0.867 bits per heavy atom. The summed E-state index contributed by atoms with van der Waals surface area (Å²) in [5, 5.41) is 52.3. The van der Waals surface area contributed by atoms with Crippen molar-refractivity contribution in [3.63, 3.8) is 0 Å². The number of ketones is 1. The average Bonchev–Trinajstić information content (AvgIpc) is 0.743. The first kappa shape index (κ1) is 139. The lowest BCUT2D eigenvalue weighted by Crippen LogP contribution is -2.46. The number of nitrogens with two attached hydrogens (primary N) is 2. The summed E-state index contributed by atoms with van der Waals surface area (Å²) in [5.41, 5.74) is 1.76. The first-order valence-electron chi connectivity index (χ1n) is 43.7. The van der Waals surface area contributed by atoms with Crippen LogP contribution in [0.1, 0.15) is 132 Å². The summed E-state index contributed by atoms with van der Waals surface area (Å²) in [4.78, 5) is 116. The van der Waals surface area contributed by atoms with Crippen LogP contribution in [-0.2, 0) is 164 Å². The van der Waals surface area contributed by atoms with E-state index in [1.807, 2.05) is 68.7 Å². The Kier molecular flexibility index (Phi) is 73.9. The molecule has 3 atom stereocenters. The minimum atomic E-state index is -4.00. The van der Waals surface area contributed by atoms with E-state index in [0.717, 1.165) is 86.4 Å². The minimum absolute atomic E-state index is 0.0240. The molecule has 4 amide bonds. The lowest BCUT2D eigenvalue weighted by atomic mass is 9.83. The highest BCUT2D eigenvalue weighted by molar-refractivity contribution is 14.1. The van der Waals surface area contributed by atoms with E-state index < -0.39 is 63.9 Å². The van der Waals surface area contributed by atoms with Gasteiger partial charge in [0.1, 0.15) is 17.3 Å². The molecule has 0 aliphatic heterocycles. The predicted octanol–water partition coefficient (Wildman–Crippen LogP) is 17.3. The van der Waals surface area contributed by atoms with Crippen molar-refractivity contribution >= 4 is 239 Å². The van der Waals surface area contributed by atoms with E-state index in [9.17, 15) is 52.8 Å². The summed E-state index contributed by atoms with van der Waals surface area (Å²) in [6.07, 6.45) is 4.45. The van der Waals surface area contributed by atoms with Crippen LogP contribution in [0, 0.1) is 16.7 Å². The van der Waals surface area contributed by atoms with Crippen LogP contribution >= 0.6 is 73.9 Å². The van der Waals surface area contributed by atoms with Gasteiger partial charge in [0, 0.05) is 134 Å². The quantitative estimate of drug-likeness (QED) is 0.00257. The van der Waals surface area contributed by atoms with Crippen LogP contribution in [0.5, 0.6) is 11.5 Å². The lowest BCUT2D eigenvalue weighted by molar-refractivity contribution is -0.319. The highest BCUT2D eigenvalue weighted by Crippen LogP contribution is 2.52. The van der Waals surface area contributed by atoms with Gasteiger partial charge in [-0.25, -0.2) is 11.8 Å². The molecule has 0 saturated heterocycles. The number of carbonyl (C=O) groups excluding carboxylic acids is 7. The number of esters is 2. The smallest absolute Gasteiger partial charge is 0.326 e. The van der Waals surface area contributed by atoms with Gasteiger partial charge in [0.05, 0.1) is 56.9 Å². The SMILES string of the molecule is CCCC#N.CCCN(CCC)C(=O)c1ccc(OC)cc1.CCCNC(=O)c1ccc(OC)cc1.CCOC(=O)C(CCC(C)=O)(COP(=S)(OC)OC)C(=O)OCC.CCOP(C)(=S)OC.COP(=O)([O-])SCC(=O)NCc1ccc2ccc3cccc4ccc1c2c34.COP(=S)(OC)OC.COP(C)(=S)OCO.COP([O-])([O-])=S.NO.NO.O=C(CI)NCc1ccc2ccc3cccc4ccc1c2c34. The second-order valence-electron chi connectivity index (χ2n) is 28.7. The molecule has 0 aliphatic rings. The van der Waals surface area contributed by atoms with Crippen molar-refractivity contribution in [3.8, 4) is 17.6 Å². The summed E-state index contributed by atoms with van der Waals surface area (Å²) >= 11 is 25.8. The molecule has 0 spiro atoms. The molecule has 0 aromatic heterocycles. The number of methoxy groups -OCH3 is 2. The number of halogens is 1. The standard InChI is InChI=1S/C20H18NO4PS.C19H14INO.C14H21NO2.C14H25O8PS.C11H15NO2.C4H7N.C4H11O2PS.2C3H9O3PS.CH5O3PS.2H3NO/c1-25-26(23,24)27-12-18(22)21-11-16-8-7-15-6-5-13-3-2-4-14-9-10-17(16)20(15)19(13)14;20-10-17(22)21-11-15-7-6-14-5-4-12-2-1-3-13-8-9-16(15)19(14)18(12)13;1-4-10-15(11-5-2)14(16)12-6-8-13(17-3)9-7-12;1-6-20-12(16)14(9-8-11(3)15,13(17)21-7-2)10-22-23(24,18-4)19-5;1-3-8-12-11(13)9-4-6-10(14-2)7-5-9;1-2-3-4-5;1-4-6-7(3,8)5-2;1-5-7(2,8)6-3-4;1-4-7(8,5-2)6-3;1-4-5(2,3)6;2*1-2/h2-10H,11-12H2,1H3,(H,21,22)(H,23,24);1-9H,10-11H2,(H,21,22);6-9H,4-5,10-11H2,1-3H3;6-10H2,1-5H3;4-7H,3,8H2,1-2H3,(H,12,13);2-3H2,1H3;4H2,1-3H3;4H,3H2,1-2H3;1-3H3;1H3,(H2,2,3,6);2*2H,1H2/p-3. The van der Waals surface area contributed by atoms with E-state index in [1.54, 1.807) is 66.1 Å². The van der Waals surface area contributed by atoms with Gasteiger partial charge in [-0.1, -0.05) is 178 Å². The fraction of sp³-hybridized carbons (Fsp3) is 0.441. The van der Waals surface area contributed by atoms with Gasteiger partial charge in [0.15, 0.2) is 32.0 Å². The number of hydrogen-bond donors (Lipinski definition) is 8. The Morgan fingerprint density at radius 1 is 0.483 bits per heavy atom. The number of Topliss-reactive ketones (excluding diaryl/α,β-unsaturated/α-hetero) is 1. The molecule has 0 bridgehead atoms. The summed E-state index contributed by atoms with van der Waals surface area (Å²) < 4.78 is 88.9. The summed E-state index contributed by atoms with van der Waals surface area (Å²) in [5.74, 6) is 6.29. The second-order valence-corrected chi connectivity index (χ2v) is 50.8. The Labute approximate surface area is 882 Å². The molecule has 10 aromatic carbocycles. The molecule has 37 nitrogen and oxygen atoms in total. The highest BCUT2D eigenvalue weighted by Gasteiger charge is 2.50. The van der Waals surface area contributed by atoms with Crippen LogP contribution in [0.15, 0.2) is 158 Å². The summed E-state index contributed by atoms with van der Waals surface area (Å²) in [7, 11) is 15.4. The largest absolute Gasteiger partial charge is 0.812 e.